The molecular formula is C23H31NO4Se. The molecule has 2 heterocycles. The van der Waals surface area contributed by atoms with Gasteiger partial charge in [-0.3, -0.25) is 0 Å². The van der Waals surface area contributed by atoms with Gasteiger partial charge >= 0.3 is 177 Å². The van der Waals surface area contributed by atoms with Gasteiger partial charge in [0.2, 0.25) is 0 Å². The van der Waals surface area contributed by atoms with Crippen molar-refractivity contribution in [3.8, 4) is 0 Å². The van der Waals surface area contributed by atoms with Gasteiger partial charge in [0.25, 0.3) is 0 Å². The third kappa shape index (κ3) is 4.06. The summed E-state index contributed by atoms with van der Waals surface area (Å²) in [6.45, 7) is 5.63. The van der Waals surface area contributed by atoms with Gasteiger partial charge in [-0.05, 0) is 0 Å². The van der Waals surface area contributed by atoms with Crippen molar-refractivity contribution in [3.63, 3.8) is 0 Å². The number of carbonyl (C=O) groups excluding carboxylic acids is 2. The van der Waals surface area contributed by atoms with Crippen LogP contribution in [0.5, 0.6) is 0 Å². The summed E-state index contributed by atoms with van der Waals surface area (Å²) in [5, 5.41) is 0. The first-order valence-corrected chi connectivity index (χ1v) is 13.3. The van der Waals surface area contributed by atoms with Gasteiger partial charge in [-0.25, -0.2) is 0 Å². The summed E-state index contributed by atoms with van der Waals surface area (Å²) in [5.41, 5.74) is -0.555. The quantitative estimate of drug-likeness (QED) is 0.624. The molecule has 3 aliphatic rings. The van der Waals surface area contributed by atoms with Crippen molar-refractivity contribution in [3.05, 3.63) is 30.3 Å². The molecule has 158 valence electrons. The van der Waals surface area contributed by atoms with Crippen molar-refractivity contribution in [2.75, 3.05) is 0 Å². The van der Waals surface area contributed by atoms with E-state index in [9.17, 15) is 13.4 Å². The molecule has 1 aromatic rings. The predicted octanol–water partition coefficient (Wildman–Crippen LogP) is 3.84. The van der Waals surface area contributed by atoms with Crippen LogP contribution in [0.4, 0.5) is 4.79 Å². The van der Waals surface area contributed by atoms with E-state index in [1.165, 1.54) is 0 Å². The van der Waals surface area contributed by atoms with E-state index in [1.54, 1.807) is 0 Å². The Bertz CT molecular complexity index is 803. The summed E-state index contributed by atoms with van der Waals surface area (Å²) in [4.78, 5) is 28.1. The van der Waals surface area contributed by atoms with E-state index in [-0.39, 0.29) is 34.7 Å². The van der Waals surface area contributed by atoms with Crippen molar-refractivity contribution in [1.29, 1.82) is 0 Å². The van der Waals surface area contributed by atoms with E-state index in [2.05, 4.69) is 0 Å². The molecule has 0 aromatic heterocycles. The fraction of sp³-hybridized carbons (Fsp3) is 0.652. The number of ether oxygens (including phenoxy) is 1. The Labute approximate surface area is 177 Å². The first kappa shape index (κ1) is 20.7. The molecule has 1 aromatic carbocycles. The Morgan fingerprint density at radius 3 is 2.38 bits per heavy atom. The minimum absolute atomic E-state index is 0.104. The predicted molar refractivity (Wildman–Crippen MR) is 112 cm³/mol. The van der Waals surface area contributed by atoms with Gasteiger partial charge in [0, 0.05) is 0 Å². The Kier molecular flexibility index (Phi) is 5.69. The molecule has 3 fully saturated rings. The van der Waals surface area contributed by atoms with E-state index < -0.39 is 19.4 Å². The molecule has 0 spiro atoms. The van der Waals surface area contributed by atoms with Crippen LogP contribution in [-0.4, -0.2) is 48.3 Å². The van der Waals surface area contributed by atoms with Gasteiger partial charge in [-0.2, -0.15) is 0 Å². The van der Waals surface area contributed by atoms with Gasteiger partial charge in [0.05, 0.1) is 0 Å². The maximum absolute atomic E-state index is 13.6. The van der Waals surface area contributed by atoms with Crippen molar-refractivity contribution >= 4 is 30.2 Å². The summed E-state index contributed by atoms with van der Waals surface area (Å²) in [7, 11) is 0. The zero-order chi connectivity index (χ0) is 20.8. The van der Waals surface area contributed by atoms with E-state index in [4.69, 9.17) is 4.74 Å². The summed E-state index contributed by atoms with van der Waals surface area (Å²) in [6.07, 6.45) is 5.04. The Balaban J connectivity index is 1.60. The molecule has 5 nitrogen and oxygen atoms in total. The van der Waals surface area contributed by atoms with Crippen LogP contribution in [0.3, 0.4) is 0 Å². The molecule has 2 saturated heterocycles. The summed E-state index contributed by atoms with van der Waals surface area (Å²) in [5.74, 6) is 0.234. The van der Waals surface area contributed by atoms with E-state index >= 15 is 0 Å². The first-order chi connectivity index (χ1) is 13.8. The van der Waals surface area contributed by atoms with Gasteiger partial charge in [-0.15, -0.1) is 0 Å². The van der Waals surface area contributed by atoms with Crippen LogP contribution >= 0.6 is 0 Å². The Morgan fingerprint density at radius 1 is 1.03 bits per heavy atom. The molecule has 6 atom stereocenters. The van der Waals surface area contributed by atoms with Crippen molar-refractivity contribution in [1.82, 2.24) is 4.90 Å². The summed E-state index contributed by atoms with van der Waals surface area (Å²) in [6, 6.07) is 9.50. The molecule has 1 amide bonds. The molecule has 0 radical (unpaired) electrons. The van der Waals surface area contributed by atoms with Crippen molar-refractivity contribution in [2.45, 2.75) is 81.8 Å². The van der Waals surface area contributed by atoms with Crippen molar-refractivity contribution in [2.24, 2.45) is 11.8 Å². The molecular weight excluding hydrogens is 433 g/mol. The standard InChI is InChI=1S/C23H31NO4Se/c1-23(2,3)28-22(26)24-16-11-9-15-10-14-19(21(25)20(15)18(24)13-12-16)29(27)17-7-5-4-6-8-17/h4-8,15-16,18-20H,9-14H2,1-3H3/t15-,16-,18-,19?,20?,29?/m1/s1. The summed E-state index contributed by atoms with van der Waals surface area (Å²) < 4.78 is 19.8. The molecule has 0 N–H and O–H groups in total. The molecule has 2 aliphatic heterocycles. The van der Waals surface area contributed by atoms with E-state index in [1.807, 2.05) is 56.0 Å². The number of benzene rings is 1. The summed E-state index contributed by atoms with van der Waals surface area (Å²) >= 11 is -2.46. The van der Waals surface area contributed by atoms with Gasteiger partial charge in [0.15, 0.2) is 0 Å². The van der Waals surface area contributed by atoms with Crippen LogP contribution in [0.25, 0.3) is 0 Å². The zero-order valence-corrected chi connectivity index (χ0v) is 19.2. The van der Waals surface area contributed by atoms with Gasteiger partial charge < -0.3 is 0 Å². The van der Waals surface area contributed by atoms with Crippen LogP contribution in [0.15, 0.2) is 30.3 Å². The number of amides is 1. The fourth-order valence-electron chi connectivity index (χ4n) is 5.45. The first-order valence-electron chi connectivity index (χ1n) is 10.8. The number of Topliss-reactive ketones (excluding diaryl/α,β-unsaturated/α-hetero) is 1. The maximum atomic E-state index is 13.6. The number of ketones is 1. The minimum atomic E-state index is -2.46. The second-order valence-corrected chi connectivity index (χ2v) is 13.1. The monoisotopic (exact) mass is 465 g/mol. The number of hydrogen-bond acceptors (Lipinski definition) is 4. The van der Waals surface area contributed by atoms with Crippen molar-refractivity contribution < 1.29 is 18.2 Å². The molecule has 1 saturated carbocycles. The third-order valence-electron chi connectivity index (χ3n) is 6.62. The number of hydrogen-bond donors (Lipinski definition) is 0. The second-order valence-electron chi connectivity index (χ2n) is 9.63. The molecule has 29 heavy (non-hydrogen) atoms. The Morgan fingerprint density at radius 2 is 1.69 bits per heavy atom. The molecule has 1 aliphatic carbocycles. The average molecular weight is 464 g/mol. The SMILES string of the molecule is CC(C)(C)OC(=O)N1[C@@H]2CC[C@@H]3CCC([Se](=O)c4ccccc4)C(=O)C3[C@H]1CC2. The second kappa shape index (κ2) is 7.96. The molecule has 4 rings (SSSR count). The molecule has 6 heteroatoms. The van der Waals surface area contributed by atoms with Crippen LogP contribution in [0, 0.1) is 11.8 Å². The van der Waals surface area contributed by atoms with E-state index in [0.717, 1.165) is 36.6 Å². The molecule has 3 unspecified atom stereocenters. The third-order valence-corrected chi connectivity index (χ3v) is 10.2. The number of nitrogens with zero attached hydrogens (tertiary/aromatic N) is 1. The zero-order valence-electron chi connectivity index (χ0n) is 17.5. The normalized spacial score (nSPS) is 33.0. The van der Waals surface area contributed by atoms with Gasteiger partial charge in [0.1, 0.15) is 0 Å². The van der Waals surface area contributed by atoms with Crippen LogP contribution in [-0.2, 0) is 13.4 Å². The number of carbonyl (C=O) groups is 2. The van der Waals surface area contributed by atoms with Gasteiger partial charge in [-0.1, -0.05) is 0 Å². The fourth-order valence-corrected chi connectivity index (χ4v) is 8.54. The number of rotatable bonds is 2. The topological polar surface area (TPSA) is 63.7 Å². The van der Waals surface area contributed by atoms with E-state index in [0.29, 0.717) is 12.3 Å². The number of fused-ring (bicyclic) bond motifs is 4. The molecule has 2 bridgehead atoms. The van der Waals surface area contributed by atoms with Crippen LogP contribution in [0.1, 0.15) is 59.3 Å². The van der Waals surface area contributed by atoms with Crippen LogP contribution in [0.2, 0.25) is 4.82 Å². The Hall–Kier alpha value is -1.52. The van der Waals surface area contributed by atoms with Crippen LogP contribution < -0.4 is 4.46 Å². The average Bonchev–Trinajstić information content (AvgIpc) is 3.00.